The zero-order chi connectivity index (χ0) is 12.1. The number of nitrogens with one attached hydrogen (secondary N) is 1. The highest BCUT2D eigenvalue weighted by Gasteiger charge is 2.16. The molecule has 2 rings (SSSR count). The van der Waals surface area contributed by atoms with Crippen LogP contribution in [-0.4, -0.2) is 42.3 Å². The van der Waals surface area contributed by atoms with Gasteiger partial charge in [0, 0.05) is 32.3 Å². The van der Waals surface area contributed by atoms with Gasteiger partial charge in [0.2, 0.25) is 0 Å². The lowest BCUT2D eigenvalue weighted by molar-refractivity contribution is 0.0820. The fourth-order valence-electron chi connectivity index (χ4n) is 2.00. The maximum atomic E-state index is 5.63. The summed E-state index contributed by atoms with van der Waals surface area (Å²) in [6.07, 6.45) is 2.92. The smallest absolute Gasteiger partial charge is 0.134 e. The lowest BCUT2D eigenvalue weighted by atomic mass is 10.3. The first-order chi connectivity index (χ1) is 8.29. The first kappa shape index (κ1) is 12.1. The van der Waals surface area contributed by atoms with Crippen LogP contribution in [0.5, 0.6) is 0 Å². The molecule has 0 saturated carbocycles. The normalized spacial score (nSPS) is 21.1. The second-order valence-corrected chi connectivity index (χ2v) is 4.27. The van der Waals surface area contributed by atoms with Crippen molar-refractivity contribution in [2.24, 2.45) is 0 Å². The van der Waals surface area contributed by atoms with Gasteiger partial charge < -0.3 is 15.0 Å². The average Bonchev–Trinajstić information content (AvgIpc) is 2.55. The van der Waals surface area contributed by atoms with E-state index in [-0.39, 0.29) is 6.10 Å². The molecule has 1 aromatic heterocycles. The van der Waals surface area contributed by atoms with Gasteiger partial charge >= 0.3 is 0 Å². The molecule has 0 aliphatic carbocycles. The summed E-state index contributed by atoms with van der Waals surface area (Å²) in [5.41, 5.74) is 0. The number of hydrogen-bond donors (Lipinski definition) is 1. The van der Waals surface area contributed by atoms with Gasteiger partial charge in [0.25, 0.3) is 0 Å². The number of aromatic nitrogens is 2. The topological polar surface area (TPSA) is 50.3 Å². The first-order valence-corrected chi connectivity index (χ1v) is 6.22. The van der Waals surface area contributed by atoms with E-state index in [4.69, 9.17) is 4.74 Å². The molecule has 1 saturated heterocycles. The number of hydrogen-bond acceptors (Lipinski definition) is 5. The van der Waals surface area contributed by atoms with Gasteiger partial charge in [0.1, 0.15) is 18.0 Å². The Labute approximate surface area is 102 Å². The van der Waals surface area contributed by atoms with Crippen LogP contribution in [0.1, 0.15) is 20.3 Å². The van der Waals surface area contributed by atoms with E-state index in [0.29, 0.717) is 0 Å². The van der Waals surface area contributed by atoms with Crippen LogP contribution in [0.4, 0.5) is 11.6 Å². The van der Waals surface area contributed by atoms with E-state index in [1.165, 1.54) is 0 Å². The summed E-state index contributed by atoms with van der Waals surface area (Å²) in [6.45, 7) is 7.75. The standard InChI is InChI=1S/C12H20N4O/c1-3-13-11-7-12(15-9-14-11)16-5-4-6-17-10(2)8-16/h7,9-10H,3-6,8H2,1-2H3,(H,13,14,15). The molecule has 1 atom stereocenters. The van der Waals surface area contributed by atoms with Crippen molar-refractivity contribution < 1.29 is 4.74 Å². The summed E-state index contributed by atoms with van der Waals surface area (Å²) in [5.74, 6) is 1.86. The Morgan fingerprint density at radius 1 is 1.53 bits per heavy atom. The third-order valence-electron chi connectivity index (χ3n) is 2.79. The molecule has 1 N–H and O–H groups in total. The molecule has 1 aliphatic rings. The van der Waals surface area contributed by atoms with Gasteiger partial charge in [-0.3, -0.25) is 0 Å². The molecular weight excluding hydrogens is 216 g/mol. The molecule has 0 amide bonds. The van der Waals surface area contributed by atoms with Crippen LogP contribution >= 0.6 is 0 Å². The van der Waals surface area contributed by atoms with Crippen LogP contribution in [0.2, 0.25) is 0 Å². The van der Waals surface area contributed by atoms with Gasteiger partial charge in [0.05, 0.1) is 6.10 Å². The van der Waals surface area contributed by atoms with Crippen molar-refractivity contribution in [1.82, 2.24) is 9.97 Å². The second kappa shape index (κ2) is 5.82. The van der Waals surface area contributed by atoms with Crippen LogP contribution in [0.25, 0.3) is 0 Å². The van der Waals surface area contributed by atoms with Crippen molar-refractivity contribution in [3.8, 4) is 0 Å². The van der Waals surface area contributed by atoms with Crippen molar-refractivity contribution in [1.29, 1.82) is 0 Å². The number of rotatable bonds is 3. The molecule has 1 aromatic rings. The molecule has 0 bridgehead atoms. The third kappa shape index (κ3) is 3.30. The van der Waals surface area contributed by atoms with E-state index < -0.39 is 0 Å². The zero-order valence-electron chi connectivity index (χ0n) is 10.5. The highest BCUT2D eigenvalue weighted by Crippen LogP contribution is 2.17. The molecule has 5 heteroatoms. The first-order valence-electron chi connectivity index (χ1n) is 6.22. The lowest BCUT2D eigenvalue weighted by Crippen LogP contribution is -2.30. The lowest BCUT2D eigenvalue weighted by Gasteiger charge is -2.23. The Morgan fingerprint density at radius 3 is 3.24 bits per heavy atom. The van der Waals surface area contributed by atoms with E-state index >= 15 is 0 Å². The summed E-state index contributed by atoms with van der Waals surface area (Å²) in [5, 5.41) is 3.20. The highest BCUT2D eigenvalue weighted by atomic mass is 16.5. The minimum absolute atomic E-state index is 0.259. The monoisotopic (exact) mass is 236 g/mol. The molecule has 2 heterocycles. The molecule has 1 aliphatic heterocycles. The van der Waals surface area contributed by atoms with E-state index in [0.717, 1.165) is 44.3 Å². The fourth-order valence-corrected chi connectivity index (χ4v) is 2.00. The molecule has 5 nitrogen and oxygen atoms in total. The zero-order valence-corrected chi connectivity index (χ0v) is 10.5. The number of anilines is 2. The maximum absolute atomic E-state index is 5.63. The highest BCUT2D eigenvalue weighted by molar-refractivity contribution is 5.48. The number of nitrogens with zero attached hydrogens (tertiary/aromatic N) is 3. The van der Waals surface area contributed by atoms with Gasteiger partial charge in [-0.2, -0.15) is 0 Å². The Hall–Kier alpha value is -1.36. The second-order valence-electron chi connectivity index (χ2n) is 4.27. The van der Waals surface area contributed by atoms with Crippen LogP contribution in [0.3, 0.4) is 0 Å². The summed E-state index contributed by atoms with van der Waals surface area (Å²) in [7, 11) is 0. The predicted octanol–water partition coefficient (Wildman–Crippen LogP) is 1.52. The number of ether oxygens (including phenoxy) is 1. The summed E-state index contributed by atoms with van der Waals surface area (Å²) < 4.78 is 5.63. The molecule has 1 unspecified atom stereocenters. The van der Waals surface area contributed by atoms with E-state index in [2.05, 4.69) is 34.0 Å². The van der Waals surface area contributed by atoms with Gasteiger partial charge in [0.15, 0.2) is 0 Å². The Morgan fingerprint density at radius 2 is 2.41 bits per heavy atom. The van der Waals surface area contributed by atoms with Gasteiger partial charge in [-0.25, -0.2) is 9.97 Å². The van der Waals surface area contributed by atoms with E-state index in [1.54, 1.807) is 6.33 Å². The molecule has 94 valence electrons. The van der Waals surface area contributed by atoms with Crippen molar-refractivity contribution in [3.05, 3.63) is 12.4 Å². The van der Waals surface area contributed by atoms with Crippen molar-refractivity contribution in [2.45, 2.75) is 26.4 Å². The minimum Gasteiger partial charge on any atom is -0.377 e. The van der Waals surface area contributed by atoms with E-state index in [9.17, 15) is 0 Å². The predicted molar refractivity (Wildman–Crippen MR) is 68.4 cm³/mol. The quantitative estimate of drug-likeness (QED) is 0.862. The maximum Gasteiger partial charge on any atom is 0.134 e. The van der Waals surface area contributed by atoms with Crippen molar-refractivity contribution in [3.63, 3.8) is 0 Å². The molecule has 0 radical (unpaired) electrons. The van der Waals surface area contributed by atoms with Crippen LogP contribution in [-0.2, 0) is 4.74 Å². The van der Waals surface area contributed by atoms with Gasteiger partial charge in [-0.15, -0.1) is 0 Å². The summed E-state index contributed by atoms with van der Waals surface area (Å²) in [4.78, 5) is 10.8. The van der Waals surface area contributed by atoms with Crippen LogP contribution in [0.15, 0.2) is 12.4 Å². The third-order valence-corrected chi connectivity index (χ3v) is 2.79. The van der Waals surface area contributed by atoms with Crippen molar-refractivity contribution >= 4 is 11.6 Å². The molecule has 0 aromatic carbocycles. The largest absolute Gasteiger partial charge is 0.377 e. The fraction of sp³-hybridized carbons (Fsp3) is 0.667. The average molecular weight is 236 g/mol. The van der Waals surface area contributed by atoms with Gasteiger partial charge in [-0.1, -0.05) is 0 Å². The summed E-state index contributed by atoms with van der Waals surface area (Å²) in [6, 6.07) is 2.00. The Bertz CT molecular complexity index is 358. The van der Waals surface area contributed by atoms with Crippen LogP contribution < -0.4 is 10.2 Å². The Kier molecular flexibility index (Phi) is 4.14. The SMILES string of the molecule is CCNc1cc(N2CCCOC(C)C2)ncn1. The summed E-state index contributed by atoms with van der Waals surface area (Å²) >= 11 is 0. The van der Waals surface area contributed by atoms with Crippen LogP contribution in [0, 0.1) is 0 Å². The molecular formula is C12H20N4O. The Balaban J connectivity index is 2.11. The van der Waals surface area contributed by atoms with Gasteiger partial charge in [-0.05, 0) is 20.3 Å². The minimum atomic E-state index is 0.259. The van der Waals surface area contributed by atoms with E-state index in [1.807, 2.05) is 6.07 Å². The molecule has 17 heavy (non-hydrogen) atoms. The molecule has 0 spiro atoms. The molecule has 1 fully saturated rings. The van der Waals surface area contributed by atoms with Crippen molar-refractivity contribution in [2.75, 3.05) is 36.5 Å².